The average Bonchev–Trinajstić information content (AvgIpc) is 2.47. The van der Waals surface area contributed by atoms with Gasteiger partial charge in [-0.25, -0.2) is 4.39 Å². The standard InChI is InChI=1S/C8H13FO3/c9-6-5-8(2-1-7(6)10)11-3-4-12-8/h6-7,10H,1-5H2. The zero-order chi connectivity index (χ0) is 8.60. The third-order valence-corrected chi connectivity index (χ3v) is 2.56. The molecule has 1 spiro atoms. The molecule has 1 heterocycles. The van der Waals surface area contributed by atoms with E-state index in [2.05, 4.69) is 0 Å². The fourth-order valence-electron chi connectivity index (χ4n) is 1.84. The van der Waals surface area contributed by atoms with E-state index in [1.807, 2.05) is 0 Å². The van der Waals surface area contributed by atoms with Gasteiger partial charge in [0.1, 0.15) is 6.17 Å². The van der Waals surface area contributed by atoms with Crippen molar-refractivity contribution in [2.24, 2.45) is 0 Å². The zero-order valence-electron chi connectivity index (χ0n) is 6.83. The van der Waals surface area contributed by atoms with Gasteiger partial charge in [0, 0.05) is 12.8 Å². The summed E-state index contributed by atoms with van der Waals surface area (Å²) in [7, 11) is 0. The number of aliphatic hydroxyl groups excluding tert-OH is 1. The van der Waals surface area contributed by atoms with Gasteiger partial charge < -0.3 is 14.6 Å². The summed E-state index contributed by atoms with van der Waals surface area (Å²) in [5.41, 5.74) is 0. The molecule has 1 aliphatic heterocycles. The minimum Gasteiger partial charge on any atom is -0.390 e. The van der Waals surface area contributed by atoms with Gasteiger partial charge in [-0.05, 0) is 6.42 Å². The summed E-state index contributed by atoms with van der Waals surface area (Å²) in [5, 5.41) is 9.14. The second kappa shape index (κ2) is 2.94. The van der Waals surface area contributed by atoms with Crippen molar-refractivity contribution < 1.29 is 19.0 Å². The predicted octanol–water partition coefficient (Wildman–Crippen LogP) is 0.612. The fraction of sp³-hybridized carbons (Fsp3) is 1.00. The van der Waals surface area contributed by atoms with Crippen molar-refractivity contribution in [3.63, 3.8) is 0 Å². The molecule has 3 nitrogen and oxygen atoms in total. The molecule has 1 aliphatic carbocycles. The van der Waals surface area contributed by atoms with E-state index in [4.69, 9.17) is 14.6 Å². The molecular formula is C8H13FO3. The Morgan fingerprint density at radius 2 is 2.00 bits per heavy atom. The van der Waals surface area contributed by atoms with Gasteiger partial charge in [0.15, 0.2) is 5.79 Å². The highest BCUT2D eigenvalue weighted by molar-refractivity contribution is 4.87. The van der Waals surface area contributed by atoms with Crippen LogP contribution in [0.15, 0.2) is 0 Å². The zero-order valence-corrected chi connectivity index (χ0v) is 6.83. The Kier molecular flexibility index (Phi) is 2.06. The van der Waals surface area contributed by atoms with Crippen molar-refractivity contribution in [2.75, 3.05) is 13.2 Å². The predicted molar refractivity (Wildman–Crippen MR) is 39.4 cm³/mol. The van der Waals surface area contributed by atoms with E-state index in [1.54, 1.807) is 0 Å². The summed E-state index contributed by atoms with van der Waals surface area (Å²) in [4.78, 5) is 0. The Morgan fingerprint density at radius 1 is 1.33 bits per heavy atom. The maximum Gasteiger partial charge on any atom is 0.171 e. The molecule has 0 aromatic carbocycles. The van der Waals surface area contributed by atoms with E-state index in [9.17, 15) is 4.39 Å². The van der Waals surface area contributed by atoms with E-state index in [-0.39, 0.29) is 6.42 Å². The number of ether oxygens (including phenoxy) is 2. The van der Waals surface area contributed by atoms with Crippen molar-refractivity contribution in [2.45, 2.75) is 37.3 Å². The normalized spacial score (nSPS) is 40.5. The highest BCUT2D eigenvalue weighted by atomic mass is 19.1. The van der Waals surface area contributed by atoms with E-state index < -0.39 is 18.1 Å². The number of alkyl halides is 1. The minimum atomic E-state index is -1.20. The van der Waals surface area contributed by atoms with Gasteiger partial charge >= 0.3 is 0 Å². The van der Waals surface area contributed by atoms with Crippen LogP contribution in [0.3, 0.4) is 0 Å². The largest absolute Gasteiger partial charge is 0.390 e. The molecule has 0 bridgehead atoms. The first kappa shape index (κ1) is 8.41. The maximum absolute atomic E-state index is 13.1. The van der Waals surface area contributed by atoms with Crippen molar-refractivity contribution in [3.8, 4) is 0 Å². The monoisotopic (exact) mass is 176 g/mol. The Morgan fingerprint density at radius 3 is 2.58 bits per heavy atom. The Balaban J connectivity index is 2.01. The van der Waals surface area contributed by atoms with E-state index in [0.29, 0.717) is 26.1 Å². The number of hydrogen-bond acceptors (Lipinski definition) is 3. The van der Waals surface area contributed by atoms with Crippen LogP contribution in [0.2, 0.25) is 0 Å². The van der Waals surface area contributed by atoms with Crippen LogP contribution < -0.4 is 0 Å². The van der Waals surface area contributed by atoms with Crippen LogP contribution in [-0.4, -0.2) is 36.4 Å². The van der Waals surface area contributed by atoms with Crippen molar-refractivity contribution in [3.05, 3.63) is 0 Å². The van der Waals surface area contributed by atoms with Gasteiger partial charge in [0.2, 0.25) is 0 Å². The van der Waals surface area contributed by atoms with Crippen LogP contribution in [0.5, 0.6) is 0 Å². The molecule has 2 aliphatic rings. The summed E-state index contributed by atoms with van der Waals surface area (Å²) in [6, 6.07) is 0. The summed E-state index contributed by atoms with van der Waals surface area (Å²) < 4.78 is 23.7. The van der Waals surface area contributed by atoms with Gasteiger partial charge in [-0.3, -0.25) is 0 Å². The first-order valence-electron chi connectivity index (χ1n) is 4.32. The molecule has 1 saturated heterocycles. The molecule has 1 N–H and O–H groups in total. The van der Waals surface area contributed by atoms with Gasteiger partial charge in [-0.1, -0.05) is 0 Å². The van der Waals surface area contributed by atoms with Gasteiger partial charge in [-0.2, -0.15) is 0 Å². The molecule has 0 aromatic rings. The van der Waals surface area contributed by atoms with Crippen LogP contribution in [-0.2, 0) is 9.47 Å². The lowest BCUT2D eigenvalue weighted by Crippen LogP contribution is -2.43. The van der Waals surface area contributed by atoms with Gasteiger partial charge in [-0.15, -0.1) is 0 Å². The highest BCUT2D eigenvalue weighted by Crippen LogP contribution is 2.36. The third-order valence-electron chi connectivity index (χ3n) is 2.56. The smallest absolute Gasteiger partial charge is 0.171 e. The first-order chi connectivity index (χ1) is 5.72. The van der Waals surface area contributed by atoms with E-state index in [1.165, 1.54) is 0 Å². The summed E-state index contributed by atoms with van der Waals surface area (Å²) in [6.45, 7) is 1.09. The van der Waals surface area contributed by atoms with Crippen LogP contribution in [0.1, 0.15) is 19.3 Å². The van der Waals surface area contributed by atoms with Gasteiger partial charge in [0.05, 0.1) is 19.3 Å². The molecular weight excluding hydrogens is 163 g/mol. The summed E-state index contributed by atoms with van der Waals surface area (Å²) >= 11 is 0. The second-order valence-corrected chi connectivity index (χ2v) is 3.43. The molecule has 2 fully saturated rings. The highest BCUT2D eigenvalue weighted by Gasteiger charge is 2.44. The molecule has 0 aromatic heterocycles. The lowest BCUT2D eigenvalue weighted by Gasteiger charge is -2.35. The van der Waals surface area contributed by atoms with Crippen LogP contribution >= 0.6 is 0 Å². The Hall–Kier alpha value is -0.190. The maximum atomic E-state index is 13.1. The van der Waals surface area contributed by atoms with Crippen molar-refractivity contribution in [1.82, 2.24) is 0 Å². The average molecular weight is 176 g/mol. The molecule has 2 rings (SSSR count). The molecule has 2 atom stereocenters. The van der Waals surface area contributed by atoms with E-state index in [0.717, 1.165) is 0 Å². The SMILES string of the molecule is OC1CCC2(CC1F)OCCO2. The fourth-order valence-corrected chi connectivity index (χ4v) is 1.84. The molecule has 2 unspecified atom stereocenters. The molecule has 70 valence electrons. The van der Waals surface area contributed by atoms with E-state index >= 15 is 0 Å². The molecule has 1 saturated carbocycles. The number of halogens is 1. The molecule has 4 heteroatoms. The lowest BCUT2D eigenvalue weighted by molar-refractivity contribution is -0.203. The second-order valence-electron chi connectivity index (χ2n) is 3.43. The Labute approximate surface area is 70.5 Å². The molecule has 0 radical (unpaired) electrons. The minimum absolute atomic E-state index is 0.175. The quantitative estimate of drug-likeness (QED) is 0.587. The summed E-state index contributed by atoms with van der Waals surface area (Å²) in [6.07, 6.45) is -0.815. The van der Waals surface area contributed by atoms with Crippen LogP contribution in [0.4, 0.5) is 4.39 Å². The summed E-state index contributed by atoms with van der Waals surface area (Å²) in [5.74, 6) is -0.710. The third kappa shape index (κ3) is 1.34. The van der Waals surface area contributed by atoms with Gasteiger partial charge in [0.25, 0.3) is 0 Å². The molecule has 12 heavy (non-hydrogen) atoms. The topological polar surface area (TPSA) is 38.7 Å². The number of rotatable bonds is 0. The number of hydrogen-bond donors (Lipinski definition) is 1. The number of aliphatic hydroxyl groups is 1. The molecule has 0 amide bonds. The van der Waals surface area contributed by atoms with Crippen LogP contribution in [0, 0.1) is 0 Å². The van der Waals surface area contributed by atoms with Crippen LogP contribution in [0.25, 0.3) is 0 Å². The first-order valence-corrected chi connectivity index (χ1v) is 4.32. The lowest BCUT2D eigenvalue weighted by atomic mass is 9.90. The van der Waals surface area contributed by atoms with Crippen molar-refractivity contribution in [1.29, 1.82) is 0 Å². The van der Waals surface area contributed by atoms with Crippen molar-refractivity contribution >= 4 is 0 Å². The Bertz CT molecular complexity index is 168.